The highest BCUT2D eigenvalue weighted by Crippen LogP contribution is 2.29. The molecule has 0 radical (unpaired) electrons. The summed E-state index contributed by atoms with van der Waals surface area (Å²) in [5.74, 6) is 0. The van der Waals surface area contributed by atoms with Crippen LogP contribution in [-0.4, -0.2) is 12.2 Å². The van der Waals surface area contributed by atoms with Crippen LogP contribution in [0.4, 0.5) is 28.6 Å². The summed E-state index contributed by atoms with van der Waals surface area (Å²) in [5.41, 5.74) is 0.409. The van der Waals surface area contributed by atoms with Gasteiger partial charge < -0.3 is 17.3 Å². The van der Waals surface area contributed by atoms with Gasteiger partial charge in [-0.05, 0) is 6.92 Å². The maximum absolute atomic E-state index is 10.4. The highest BCUT2D eigenvalue weighted by Gasteiger charge is 2.26. The molecular formula is C7H6BF4N3O2. The van der Waals surface area contributed by atoms with E-state index in [1.54, 1.807) is 19.1 Å². The van der Waals surface area contributed by atoms with E-state index in [0.717, 1.165) is 0 Å². The van der Waals surface area contributed by atoms with Crippen molar-refractivity contribution in [1.82, 2.24) is 0 Å². The number of hydrogen-bond acceptors (Lipinski definition) is 3. The van der Waals surface area contributed by atoms with Gasteiger partial charge in [0.25, 0.3) is 0 Å². The van der Waals surface area contributed by atoms with Gasteiger partial charge in [0.1, 0.15) is 0 Å². The molecule has 1 aromatic rings. The predicted octanol–water partition coefficient (Wildman–Crippen LogP) is 3.69. The van der Waals surface area contributed by atoms with E-state index in [-0.39, 0.29) is 11.4 Å². The first-order chi connectivity index (χ1) is 7.66. The van der Waals surface area contributed by atoms with Crippen LogP contribution in [0, 0.1) is 22.4 Å². The molecule has 92 valence electrons. The second-order valence-corrected chi connectivity index (χ2v) is 2.79. The summed E-state index contributed by atoms with van der Waals surface area (Å²) in [7, 11) is -6.00. The molecule has 1 aromatic carbocycles. The number of nitro groups is 1. The van der Waals surface area contributed by atoms with Crippen molar-refractivity contribution < 1.29 is 22.2 Å². The molecule has 0 saturated carbocycles. The Hall–Kier alpha value is -2.18. The minimum atomic E-state index is -6.00. The zero-order valence-corrected chi connectivity index (χ0v) is 8.48. The third kappa shape index (κ3) is 6.08. The van der Waals surface area contributed by atoms with Gasteiger partial charge in [-0.3, -0.25) is 10.1 Å². The van der Waals surface area contributed by atoms with Gasteiger partial charge in [-0.2, -0.15) is 0 Å². The number of benzene rings is 1. The van der Waals surface area contributed by atoms with Gasteiger partial charge >= 0.3 is 18.6 Å². The summed E-state index contributed by atoms with van der Waals surface area (Å²) in [6.07, 6.45) is 0. The third-order valence-corrected chi connectivity index (χ3v) is 1.51. The van der Waals surface area contributed by atoms with Gasteiger partial charge in [-0.25, -0.2) is 0 Å². The fraction of sp³-hybridized carbons (Fsp3) is 0.143. The van der Waals surface area contributed by atoms with Crippen molar-refractivity contribution in [2.24, 2.45) is 0 Å². The van der Waals surface area contributed by atoms with Crippen molar-refractivity contribution in [3.8, 4) is 0 Å². The monoisotopic (exact) mass is 251 g/mol. The lowest BCUT2D eigenvalue weighted by molar-refractivity contribution is -0.383. The summed E-state index contributed by atoms with van der Waals surface area (Å²) in [6.45, 7) is 1.64. The van der Waals surface area contributed by atoms with E-state index in [4.69, 9.17) is 5.39 Å². The molecule has 10 heteroatoms. The maximum atomic E-state index is 10.4. The van der Waals surface area contributed by atoms with E-state index in [2.05, 4.69) is 4.98 Å². The second-order valence-electron chi connectivity index (χ2n) is 2.79. The average Bonchev–Trinajstić information content (AvgIpc) is 2.14. The molecule has 0 bridgehead atoms. The SMILES string of the molecule is Cc1cccc([N+](=O)[O-])c1[N+]#N.F[B-](F)(F)F. The number of halogens is 4. The topological polar surface area (TPSA) is 71.3 Å². The third-order valence-electron chi connectivity index (χ3n) is 1.51. The Morgan fingerprint density at radius 1 is 1.35 bits per heavy atom. The number of nitrogens with zero attached hydrogens (tertiary/aromatic N) is 3. The Morgan fingerprint density at radius 3 is 2.12 bits per heavy atom. The summed E-state index contributed by atoms with van der Waals surface area (Å²) in [4.78, 5) is 12.6. The van der Waals surface area contributed by atoms with Crippen LogP contribution in [0.1, 0.15) is 5.56 Å². The number of rotatable bonds is 1. The zero-order chi connectivity index (χ0) is 13.6. The highest BCUT2D eigenvalue weighted by atomic mass is 19.5. The maximum Gasteiger partial charge on any atom is 0.673 e. The Morgan fingerprint density at radius 2 is 1.82 bits per heavy atom. The summed E-state index contributed by atoms with van der Waals surface area (Å²) < 4.78 is 39.0. The molecule has 17 heavy (non-hydrogen) atoms. The minimum Gasteiger partial charge on any atom is -0.418 e. The Labute approximate surface area is 92.9 Å². The molecular weight excluding hydrogens is 245 g/mol. The Balaban J connectivity index is 0.000000437. The van der Waals surface area contributed by atoms with E-state index in [0.29, 0.717) is 5.56 Å². The number of nitro benzene ring substituents is 1. The minimum absolute atomic E-state index is 0.0162. The summed E-state index contributed by atoms with van der Waals surface area (Å²) in [6, 6.07) is 4.48. The molecule has 0 fully saturated rings. The zero-order valence-electron chi connectivity index (χ0n) is 8.48. The molecule has 0 aliphatic carbocycles. The van der Waals surface area contributed by atoms with Gasteiger partial charge in [-0.1, -0.05) is 12.1 Å². The normalized spacial score (nSPS) is 9.88. The van der Waals surface area contributed by atoms with Gasteiger partial charge in [0.2, 0.25) is 5.39 Å². The molecule has 0 amide bonds. The van der Waals surface area contributed by atoms with Gasteiger partial charge in [0, 0.05) is 6.07 Å². The van der Waals surface area contributed by atoms with E-state index in [1.807, 2.05) is 0 Å². The van der Waals surface area contributed by atoms with Crippen LogP contribution in [0.5, 0.6) is 0 Å². The van der Waals surface area contributed by atoms with Crippen LogP contribution in [0.15, 0.2) is 18.2 Å². The molecule has 0 unspecified atom stereocenters. The van der Waals surface area contributed by atoms with Crippen molar-refractivity contribution in [1.29, 1.82) is 5.39 Å². The summed E-state index contributed by atoms with van der Waals surface area (Å²) >= 11 is 0. The first-order valence-corrected chi connectivity index (χ1v) is 4.13. The van der Waals surface area contributed by atoms with Crippen LogP contribution in [-0.2, 0) is 0 Å². The first kappa shape index (κ1) is 14.8. The molecule has 0 aliphatic rings. The fourth-order valence-electron chi connectivity index (χ4n) is 0.921. The molecule has 0 N–H and O–H groups in total. The predicted molar refractivity (Wildman–Crippen MR) is 52.8 cm³/mol. The van der Waals surface area contributed by atoms with Crippen LogP contribution in [0.3, 0.4) is 0 Å². The Kier molecular flexibility index (Phi) is 5.05. The van der Waals surface area contributed by atoms with Crippen LogP contribution in [0.2, 0.25) is 0 Å². The van der Waals surface area contributed by atoms with E-state index in [1.165, 1.54) is 6.07 Å². The van der Waals surface area contributed by atoms with Gasteiger partial charge in [0.05, 0.1) is 10.5 Å². The van der Waals surface area contributed by atoms with Crippen molar-refractivity contribution in [3.05, 3.63) is 38.9 Å². The fourth-order valence-corrected chi connectivity index (χ4v) is 0.921. The highest BCUT2D eigenvalue weighted by molar-refractivity contribution is 6.50. The molecule has 0 saturated heterocycles. The standard InChI is InChI=1S/C7H6N3O2.BF4/c1-5-3-2-4-6(10(11)12)7(5)9-8;2-1(3,4)5/h2-4H,1H3;/q+1;-1. The lowest BCUT2D eigenvalue weighted by Gasteiger charge is -1.94. The second kappa shape index (κ2) is 5.79. The smallest absolute Gasteiger partial charge is 0.418 e. The molecule has 0 spiro atoms. The van der Waals surface area contributed by atoms with Crippen LogP contribution in [0.25, 0.3) is 4.98 Å². The number of aryl methyl sites for hydroxylation is 1. The average molecular weight is 251 g/mol. The van der Waals surface area contributed by atoms with Crippen molar-refractivity contribution >= 4 is 18.6 Å². The van der Waals surface area contributed by atoms with E-state index < -0.39 is 12.2 Å². The molecule has 0 aliphatic heterocycles. The van der Waals surface area contributed by atoms with Crippen molar-refractivity contribution in [2.75, 3.05) is 0 Å². The van der Waals surface area contributed by atoms with Crippen LogP contribution >= 0.6 is 0 Å². The molecule has 1 rings (SSSR count). The molecule has 0 aromatic heterocycles. The molecule has 0 heterocycles. The number of hydrogen-bond donors (Lipinski definition) is 0. The largest absolute Gasteiger partial charge is 0.673 e. The lowest BCUT2D eigenvalue weighted by Crippen LogP contribution is -2.02. The molecule has 0 atom stereocenters. The van der Waals surface area contributed by atoms with Crippen LogP contribution < -0.4 is 0 Å². The number of diazo groups is 1. The summed E-state index contributed by atoms with van der Waals surface area (Å²) in [5, 5.41) is 18.8. The first-order valence-electron chi connectivity index (χ1n) is 4.13. The Bertz CT molecular complexity index is 451. The van der Waals surface area contributed by atoms with E-state index in [9.17, 15) is 27.4 Å². The van der Waals surface area contributed by atoms with E-state index >= 15 is 0 Å². The van der Waals surface area contributed by atoms with Gasteiger partial charge in [0.15, 0.2) is 4.98 Å². The van der Waals surface area contributed by atoms with Crippen molar-refractivity contribution in [2.45, 2.75) is 6.92 Å². The van der Waals surface area contributed by atoms with Crippen molar-refractivity contribution in [3.63, 3.8) is 0 Å². The van der Waals surface area contributed by atoms with Gasteiger partial charge in [-0.15, -0.1) is 0 Å². The lowest BCUT2D eigenvalue weighted by atomic mass is 10.2. The quantitative estimate of drug-likeness (QED) is 0.251. The molecule has 5 nitrogen and oxygen atoms in total.